The Morgan fingerprint density at radius 1 is 0.921 bits per heavy atom. The zero-order valence-corrected chi connectivity index (χ0v) is 23.8. The molecule has 0 N–H and O–H groups in total. The molecule has 1 heterocycles. The van der Waals surface area contributed by atoms with Gasteiger partial charge in [0, 0.05) is 6.42 Å². The van der Waals surface area contributed by atoms with Gasteiger partial charge in [-0.25, -0.2) is 4.79 Å². The Balaban J connectivity index is 1.87. The number of carbonyl (C=O) groups is 2. The highest BCUT2D eigenvalue weighted by Crippen LogP contribution is 2.38. The van der Waals surface area contributed by atoms with Crippen molar-refractivity contribution in [1.82, 2.24) is 0 Å². The first-order valence-corrected chi connectivity index (χ1v) is 13.3. The maximum atomic E-state index is 13.5. The van der Waals surface area contributed by atoms with Crippen molar-refractivity contribution in [2.45, 2.75) is 84.5 Å². The van der Waals surface area contributed by atoms with Gasteiger partial charge in [0.25, 0.3) is 0 Å². The second-order valence-corrected chi connectivity index (χ2v) is 11.7. The van der Waals surface area contributed by atoms with E-state index in [0.29, 0.717) is 24.8 Å². The third-order valence-corrected chi connectivity index (χ3v) is 6.96. The molecule has 0 saturated carbocycles. The van der Waals surface area contributed by atoms with Gasteiger partial charge in [-0.2, -0.15) is 0 Å². The largest absolute Gasteiger partial charge is 0.487 e. The minimum absolute atomic E-state index is 0.115. The fourth-order valence-electron chi connectivity index (χ4n) is 4.21. The van der Waals surface area contributed by atoms with Crippen LogP contribution in [-0.4, -0.2) is 42.5 Å². The maximum absolute atomic E-state index is 13.5. The van der Waals surface area contributed by atoms with Crippen LogP contribution >= 0.6 is 0 Å². The number of carbonyl (C=O) groups excluding carboxylic acids is 2. The molecular weight excluding hydrogens is 479 g/mol. The summed E-state index contributed by atoms with van der Waals surface area (Å²) >= 11 is 0. The van der Waals surface area contributed by atoms with Crippen LogP contribution in [0.4, 0.5) is 0 Å². The number of hydrogen-bond acceptors (Lipinski definition) is 6. The highest BCUT2D eigenvalue weighted by atomic mass is 16.7. The van der Waals surface area contributed by atoms with E-state index in [1.807, 2.05) is 90.8 Å². The molecule has 1 aliphatic rings. The van der Waals surface area contributed by atoms with E-state index in [1.54, 1.807) is 24.3 Å². The van der Waals surface area contributed by atoms with Crippen molar-refractivity contribution in [2.24, 2.45) is 5.92 Å². The Morgan fingerprint density at radius 2 is 1.47 bits per heavy atom. The van der Waals surface area contributed by atoms with Crippen molar-refractivity contribution in [3.63, 3.8) is 0 Å². The number of ether oxygens (including phenoxy) is 2. The van der Waals surface area contributed by atoms with Gasteiger partial charge in [-0.3, -0.25) is 4.79 Å². The standard InChI is InChI=1S/C31H41BO6/c1-29(2,3)36-28(34)26(19-18-23-14-10-8-11-15-23)25(22-32-37-30(4,5)31(6,7)38-32)20-21-35-27(33)24-16-12-9-13-17-24/h8-17,22,26H,18-21H2,1-7H3/b25-22+/t26-/m0/s1. The quantitative estimate of drug-likeness (QED) is 0.267. The Labute approximate surface area is 227 Å². The first kappa shape index (κ1) is 29.7. The average molecular weight is 520 g/mol. The maximum Gasteiger partial charge on any atom is 0.487 e. The summed E-state index contributed by atoms with van der Waals surface area (Å²) in [5, 5.41) is 0. The second kappa shape index (κ2) is 12.3. The molecule has 1 saturated heterocycles. The Hall–Kier alpha value is -2.90. The Kier molecular flexibility index (Phi) is 9.61. The molecule has 0 amide bonds. The van der Waals surface area contributed by atoms with E-state index in [9.17, 15) is 9.59 Å². The molecule has 1 aliphatic heterocycles. The molecular formula is C31H41BO6. The van der Waals surface area contributed by atoms with Gasteiger partial charge in [-0.15, -0.1) is 0 Å². The van der Waals surface area contributed by atoms with Gasteiger partial charge >= 0.3 is 19.1 Å². The summed E-state index contributed by atoms with van der Waals surface area (Å²) in [7, 11) is -0.638. The lowest BCUT2D eigenvalue weighted by Gasteiger charge is -2.32. The SMILES string of the molecule is CC(C)(C)OC(=O)[C@@H](CCc1ccccc1)/C(=C/B1OC(C)(C)C(C)(C)O1)CCOC(=O)c1ccccc1. The number of rotatable bonds is 10. The lowest BCUT2D eigenvalue weighted by molar-refractivity contribution is -0.158. The first-order chi connectivity index (χ1) is 17.8. The van der Waals surface area contributed by atoms with Crippen LogP contribution in [0.1, 0.15) is 77.2 Å². The lowest BCUT2D eigenvalue weighted by atomic mass is 9.80. The van der Waals surface area contributed by atoms with E-state index in [1.165, 1.54) is 0 Å². The van der Waals surface area contributed by atoms with Gasteiger partial charge in [-0.1, -0.05) is 60.1 Å². The van der Waals surface area contributed by atoms with Gasteiger partial charge in [0.1, 0.15) is 5.60 Å². The first-order valence-electron chi connectivity index (χ1n) is 13.3. The molecule has 0 aromatic heterocycles. The molecule has 1 fully saturated rings. The molecule has 0 spiro atoms. The van der Waals surface area contributed by atoms with Crippen LogP contribution in [0.2, 0.25) is 0 Å². The van der Waals surface area contributed by atoms with Crippen LogP contribution in [0.5, 0.6) is 0 Å². The van der Waals surface area contributed by atoms with Crippen molar-refractivity contribution in [3.8, 4) is 0 Å². The molecule has 6 nitrogen and oxygen atoms in total. The molecule has 204 valence electrons. The zero-order chi connectivity index (χ0) is 28.0. The smallest absolute Gasteiger partial charge is 0.462 e. The predicted molar refractivity (Wildman–Crippen MR) is 150 cm³/mol. The van der Waals surface area contributed by atoms with Crippen molar-refractivity contribution in [2.75, 3.05) is 6.61 Å². The number of hydrogen-bond donors (Lipinski definition) is 0. The summed E-state index contributed by atoms with van der Waals surface area (Å²) in [4.78, 5) is 26.1. The fourth-order valence-corrected chi connectivity index (χ4v) is 4.21. The third kappa shape index (κ3) is 8.30. The van der Waals surface area contributed by atoms with Gasteiger partial charge in [0.05, 0.1) is 29.3 Å². The molecule has 0 unspecified atom stereocenters. The van der Waals surface area contributed by atoms with Crippen molar-refractivity contribution in [1.29, 1.82) is 0 Å². The summed E-state index contributed by atoms with van der Waals surface area (Å²) in [6, 6.07) is 18.9. The van der Waals surface area contributed by atoms with Gasteiger partial charge in [-0.05, 0) is 79.0 Å². The molecule has 38 heavy (non-hydrogen) atoms. The molecule has 0 radical (unpaired) electrons. The van der Waals surface area contributed by atoms with Crippen molar-refractivity contribution >= 4 is 19.1 Å². The molecule has 2 aromatic rings. The molecule has 0 bridgehead atoms. The van der Waals surface area contributed by atoms with Crippen LogP contribution in [-0.2, 0) is 30.0 Å². The number of aryl methyl sites for hydroxylation is 1. The Bertz CT molecular complexity index is 1090. The Morgan fingerprint density at radius 3 is 2.03 bits per heavy atom. The average Bonchev–Trinajstić information content (AvgIpc) is 3.04. The fraction of sp³-hybridized carbons (Fsp3) is 0.484. The van der Waals surface area contributed by atoms with Crippen LogP contribution in [0.3, 0.4) is 0 Å². The van der Waals surface area contributed by atoms with Gasteiger partial charge in [0.2, 0.25) is 0 Å². The highest BCUT2D eigenvalue weighted by molar-refractivity contribution is 6.51. The molecule has 1 atom stereocenters. The van der Waals surface area contributed by atoms with E-state index < -0.39 is 35.8 Å². The van der Waals surface area contributed by atoms with E-state index in [-0.39, 0.29) is 12.6 Å². The monoisotopic (exact) mass is 520 g/mol. The van der Waals surface area contributed by atoms with Gasteiger partial charge in [0.15, 0.2) is 0 Å². The molecule has 7 heteroatoms. The van der Waals surface area contributed by atoms with Gasteiger partial charge < -0.3 is 18.8 Å². The van der Waals surface area contributed by atoms with Crippen molar-refractivity contribution in [3.05, 3.63) is 83.3 Å². The van der Waals surface area contributed by atoms with Crippen LogP contribution in [0.15, 0.2) is 72.2 Å². The summed E-state index contributed by atoms with van der Waals surface area (Å²) in [5.74, 6) is 0.597. The summed E-state index contributed by atoms with van der Waals surface area (Å²) in [6.07, 6.45) is 1.58. The van der Waals surface area contributed by atoms with Crippen LogP contribution in [0, 0.1) is 5.92 Å². The lowest BCUT2D eigenvalue weighted by Crippen LogP contribution is -2.41. The normalized spacial score (nSPS) is 17.7. The molecule has 0 aliphatic carbocycles. The summed E-state index contributed by atoms with van der Waals surface area (Å²) in [6.45, 7) is 13.6. The number of benzene rings is 2. The van der Waals surface area contributed by atoms with E-state index in [4.69, 9.17) is 18.8 Å². The van der Waals surface area contributed by atoms with E-state index in [2.05, 4.69) is 0 Å². The summed E-state index contributed by atoms with van der Waals surface area (Å²) < 4.78 is 23.9. The minimum atomic E-state index is -0.642. The predicted octanol–water partition coefficient (Wildman–Crippen LogP) is 6.38. The number of esters is 2. The zero-order valence-electron chi connectivity index (χ0n) is 23.8. The summed E-state index contributed by atoms with van der Waals surface area (Å²) in [5.41, 5.74) is 0.699. The highest BCUT2D eigenvalue weighted by Gasteiger charge is 2.50. The topological polar surface area (TPSA) is 71.1 Å². The van der Waals surface area contributed by atoms with Crippen molar-refractivity contribution < 1.29 is 28.4 Å². The minimum Gasteiger partial charge on any atom is -0.462 e. The van der Waals surface area contributed by atoms with E-state index >= 15 is 0 Å². The molecule has 2 aromatic carbocycles. The third-order valence-electron chi connectivity index (χ3n) is 6.96. The second-order valence-electron chi connectivity index (χ2n) is 11.7. The van der Waals surface area contributed by atoms with Crippen LogP contribution in [0.25, 0.3) is 0 Å². The molecule has 3 rings (SSSR count). The van der Waals surface area contributed by atoms with E-state index in [0.717, 1.165) is 11.1 Å². The van der Waals surface area contributed by atoms with Crippen LogP contribution < -0.4 is 0 Å².